The van der Waals surface area contributed by atoms with Crippen molar-refractivity contribution < 1.29 is 36.5 Å². The molecule has 0 radical (unpaired) electrons. The summed E-state index contributed by atoms with van der Waals surface area (Å²) in [7, 11) is 0. The van der Waals surface area contributed by atoms with Crippen molar-refractivity contribution in [3.63, 3.8) is 0 Å². The molecule has 36 heavy (non-hydrogen) atoms. The van der Waals surface area contributed by atoms with Gasteiger partial charge in [0.25, 0.3) is 0 Å². The molecule has 0 unspecified atom stereocenters. The fraction of sp³-hybridized carbons (Fsp3) is 0.333. The Morgan fingerprint density at radius 3 is 2.17 bits per heavy atom. The van der Waals surface area contributed by atoms with Crippen molar-refractivity contribution in [3.8, 4) is 17.2 Å². The molecule has 2 heterocycles. The molecule has 0 saturated carbocycles. The van der Waals surface area contributed by atoms with Gasteiger partial charge in [-0.2, -0.15) is 0 Å². The number of rotatable bonds is 6. The van der Waals surface area contributed by atoms with Crippen molar-refractivity contribution in [1.29, 1.82) is 0 Å². The highest BCUT2D eigenvalue weighted by atomic mass is 19.2. The molecule has 1 saturated heterocycles. The van der Waals surface area contributed by atoms with Crippen LogP contribution in [-0.4, -0.2) is 42.9 Å². The van der Waals surface area contributed by atoms with Crippen LogP contribution in [0.2, 0.25) is 0 Å². The molecule has 0 aliphatic carbocycles. The SMILES string of the molecule is Oc1ccc2c(c1)[C@H](c1ccc(OCCN3CCCC3)cc1)[C@@H](c1c(F)c(F)c(F)c(F)c1F)CO2. The van der Waals surface area contributed by atoms with Crippen molar-refractivity contribution >= 4 is 0 Å². The van der Waals surface area contributed by atoms with Gasteiger partial charge in [-0.25, -0.2) is 22.0 Å². The topological polar surface area (TPSA) is 41.9 Å². The Kier molecular flexibility index (Phi) is 6.75. The van der Waals surface area contributed by atoms with E-state index < -0.39 is 46.5 Å². The lowest BCUT2D eigenvalue weighted by Gasteiger charge is -2.35. The summed E-state index contributed by atoms with van der Waals surface area (Å²) in [6.07, 6.45) is 2.36. The first-order chi connectivity index (χ1) is 17.3. The largest absolute Gasteiger partial charge is 0.508 e. The minimum Gasteiger partial charge on any atom is -0.508 e. The third-order valence-electron chi connectivity index (χ3n) is 6.88. The van der Waals surface area contributed by atoms with Crippen LogP contribution in [0.4, 0.5) is 22.0 Å². The molecule has 190 valence electrons. The van der Waals surface area contributed by atoms with Crippen molar-refractivity contribution in [3.05, 3.63) is 88.2 Å². The number of hydrogen-bond donors (Lipinski definition) is 1. The highest BCUT2D eigenvalue weighted by Crippen LogP contribution is 2.48. The van der Waals surface area contributed by atoms with Crippen molar-refractivity contribution in [2.24, 2.45) is 0 Å². The maximum atomic E-state index is 14.8. The van der Waals surface area contributed by atoms with Gasteiger partial charge in [0, 0.05) is 29.5 Å². The Morgan fingerprint density at radius 1 is 0.861 bits per heavy atom. The fourth-order valence-electron chi connectivity index (χ4n) is 5.08. The standard InChI is InChI=1S/C27H24F5NO3/c28-23-22(24(29)26(31)27(32)25(23)30)19-14-36-20-8-5-16(34)13-18(20)21(19)15-3-6-17(7-4-15)35-12-11-33-9-1-2-10-33/h3-8,13,19,21,34H,1-2,9-12,14H2/t19-,21-/m0/s1. The van der Waals surface area contributed by atoms with Gasteiger partial charge in [0.15, 0.2) is 23.3 Å². The van der Waals surface area contributed by atoms with Gasteiger partial charge in [-0.1, -0.05) is 12.1 Å². The van der Waals surface area contributed by atoms with Crippen LogP contribution in [0.3, 0.4) is 0 Å². The molecule has 3 aromatic rings. The number of fused-ring (bicyclic) bond motifs is 1. The Hall–Kier alpha value is -3.33. The first kappa shape index (κ1) is 24.4. The Bertz CT molecular complexity index is 1230. The molecule has 1 N–H and O–H groups in total. The summed E-state index contributed by atoms with van der Waals surface area (Å²) in [5.74, 6) is -11.3. The minimum atomic E-state index is -2.21. The molecule has 0 spiro atoms. The first-order valence-corrected chi connectivity index (χ1v) is 11.8. The number of aromatic hydroxyl groups is 1. The van der Waals surface area contributed by atoms with E-state index >= 15 is 0 Å². The Labute approximate surface area is 204 Å². The van der Waals surface area contributed by atoms with E-state index in [4.69, 9.17) is 9.47 Å². The van der Waals surface area contributed by atoms with E-state index in [-0.39, 0.29) is 12.4 Å². The maximum Gasteiger partial charge on any atom is 0.200 e. The lowest BCUT2D eigenvalue weighted by molar-refractivity contribution is 0.235. The number of ether oxygens (including phenoxy) is 2. The zero-order valence-corrected chi connectivity index (χ0v) is 19.2. The van der Waals surface area contributed by atoms with Crippen LogP contribution in [0.5, 0.6) is 17.2 Å². The average molecular weight is 505 g/mol. The molecule has 4 nitrogen and oxygen atoms in total. The summed E-state index contributed by atoms with van der Waals surface area (Å²) in [5, 5.41) is 10.1. The smallest absolute Gasteiger partial charge is 0.200 e. The average Bonchev–Trinajstić information content (AvgIpc) is 3.40. The monoisotopic (exact) mass is 505 g/mol. The summed E-state index contributed by atoms with van der Waals surface area (Å²) < 4.78 is 82.9. The molecule has 3 aromatic carbocycles. The summed E-state index contributed by atoms with van der Waals surface area (Å²) in [5.41, 5.74) is -0.0276. The van der Waals surface area contributed by atoms with E-state index in [9.17, 15) is 27.1 Å². The zero-order valence-electron chi connectivity index (χ0n) is 19.2. The molecule has 2 atom stereocenters. The van der Waals surface area contributed by atoms with E-state index in [1.807, 2.05) is 0 Å². The molecule has 9 heteroatoms. The number of phenols is 1. The third kappa shape index (κ3) is 4.48. The van der Waals surface area contributed by atoms with Gasteiger partial charge in [0.2, 0.25) is 5.82 Å². The molecule has 0 amide bonds. The lowest BCUT2D eigenvalue weighted by atomic mass is 9.75. The van der Waals surface area contributed by atoms with Gasteiger partial charge in [-0.05, 0) is 61.8 Å². The molecule has 5 rings (SSSR count). The van der Waals surface area contributed by atoms with Crippen LogP contribution in [0.1, 0.15) is 41.4 Å². The highest BCUT2D eigenvalue weighted by molar-refractivity contribution is 5.51. The molecule has 0 aromatic heterocycles. The van der Waals surface area contributed by atoms with Gasteiger partial charge in [0.1, 0.15) is 23.9 Å². The Balaban J connectivity index is 1.50. The predicted octanol–water partition coefficient (Wildman–Crippen LogP) is 5.87. The van der Waals surface area contributed by atoms with Crippen LogP contribution in [0.25, 0.3) is 0 Å². The van der Waals surface area contributed by atoms with E-state index in [0.29, 0.717) is 29.2 Å². The van der Waals surface area contributed by atoms with Crippen molar-refractivity contribution in [2.75, 3.05) is 32.8 Å². The van der Waals surface area contributed by atoms with Crippen LogP contribution >= 0.6 is 0 Å². The number of nitrogens with zero attached hydrogens (tertiary/aromatic N) is 1. The van der Waals surface area contributed by atoms with Gasteiger partial charge in [-0.15, -0.1) is 0 Å². The van der Waals surface area contributed by atoms with Crippen LogP contribution in [0, 0.1) is 29.1 Å². The van der Waals surface area contributed by atoms with E-state index in [1.165, 1.54) is 31.0 Å². The Morgan fingerprint density at radius 2 is 1.50 bits per heavy atom. The molecular weight excluding hydrogens is 481 g/mol. The quantitative estimate of drug-likeness (QED) is 0.259. The molecule has 2 aliphatic rings. The third-order valence-corrected chi connectivity index (χ3v) is 6.88. The van der Waals surface area contributed by atoms with Gasteiger partial charge in [-0.3, -0.25) is 4.90 Å². The second-order valence-corrected chi connectivity index (χ2v) is 9.07. The summed E-state index contributed by atoms with van der Waals surface area (Å²) in [6.45, 7) is 3.08. The first-order valence-electron chi connectivity index (χ1n) is 11.8. The molecular formula is C27H24F5NO3. The van der Waals surface area contributed by atoms with E-state index in [0.717, 1.165) is 19.6 Å². The predicted molar refractivity (Wildman–Crippen MR) is 122 cm³/mol. The van der Waals surface area contributed by atoms with E-state index in [1.54, 1.807) is 24.3 Å². The van der Waals surface area contributed by atoms with Gasteiger partial charge in [0.05, 0.1) is 6.61 Å². The molecule has 2 aliphatic heterocycles. The number of likely N-dealkylation sites (tertiary alicyclic amines) is 1. The summed E-state index contributed by atoms with van der Waals surface area (Å²) >= 11 is 0. The lowest BCUT2D eigenvalue weighted by Crippen LogP contribution is -2.28. The normalized spacial score (nSPS) is 19.7. The highest BCUT2D eigenvalue weighted by Gasteiger charge is 2.40. The van der Waals surface area contributed by atoms with Crippen LogP contribution < -0.4 is 9.47 Å². The van der Waals surface area contributed by atoms with Gasteiger partial charge < -0.3 is 14.6 Å². The fourth-order valence-corrected chi connectivity index (χ4v) is 5.08. The number of halogens is 5. The van der Waals surface area contributed by atoms with Gasteiger partial charge >= 0.3 is 0 Å². The number of hydrogen-bond acceptors (Lipinski definition) is 4. The number of benzene rings is 3. The van der Waals surface area contributed by atoms with Crippen molar-refractivity contribution in [1.82, 2.24) is 4.90 Å². The summed E-state index contributed by atoms with van der Waals surface area (Å²) in [4.78, 5) is 2.31. The zero-order chi connectivity index (χ0) is 25.4. The number of phenolic OH excluding ortho intramolecular Hbond substituents is 1. The molecule has 0 bridgehead atoms. The second kappa shape index (κ2) is 9.97. The summed E-state index contributed by atoms with van der Waals surface area (Å²) in [6, 6.07) is 11.1. The second-order valence-electron chi connectivity index (χ2n) is 9.07. The minimum absolute atomic E-state index is 0.123. The van der Waals surface area contributed by atoms with Crippen LogP contribution in [-0.2, 0) is 0 Å². The van der Waals surface area contributed by atoms with Crippen molar-refractivity contribution in [2.45, 2.75) is 24.7 Å². The maximum absolute atomic E-state index is 14.8. The van der Waals surface area contributed by atoms with E-state index in [2.05, 4.69) is 4.90 Å². The molecule has 1 fully saturated rings. The van der Waals surface area contributed by atoms with Crippen LogP contribution in [0.15, 0.2) is 42.5 Å².